The van der Waals surface area contributed by atoms with E-state index in [-0.39, 0.29) is 18.0 Å². The van der Waals surface area contributed by atoms with E-state index >= 15 is 0 Å². The largest absolute Gasteiger partial charge is 0.328 e. The molecule has 3 heterocycles. The summed E-state index contributed by atoms with van der Waals surface area (Å²) in [6.07, 6.45) is 2.32. The van der Waals surface area contributed by atoms with Crippen LogP contribution in [-0.4, -0.2) is 43.4 Å². The number of carbonyl (C=O) groups is 2. The van der Waals surface area contributed by atoms with E-state index in [0.717, 1.165) is 17.9 Å². The fraction of sp³-hybridized carbons (Fsp3) is 0.389. The zero-order valence-corrected chi connectivity index (χ0v) is 13.8. The van der Waals surface area contributed by atoms with Gasteiger partial charge < -0.3 is 9.47 Å². The van der Waals surface area contributed by atoms with Crippen LogP contribution in [0, 0.1) is 0 Å². The van der Waals surface area contributed by atoms with Gasteiger partial charge in [-0.2, -0.15) is 0 Å². The minimum atomic E-state index is -0.396. The number of hydrogen-bond acceptors (Lipinski definition) is 3. The minimum Gasteiger partial charge on any atom is -0.328 e. The van der Waals surface area contributed by atoms with E-state index in [1.807, 2.05) is 38.4 Å². The molecular weight excluding hydrogens is 304 g/mol. The fourth-order valence-corrected chi connectivity index (χ4v) is 3.57. The highest BCUT2D eigenvalue weighted by Gasteiger charge is 2.49. The second-order valence-electron chi connectivity index (χ2n) is 6.68. The van der Waals surface area contributed by atoms with Gasteiger partial charge in [0.25, 0.3) is 5.91 Å². The fourth-order valence-electron chi connectivity index (χ4n) is 3.57. The van der Waals surface area contributed by atoms with Crippen molar-refractivity contribution < 1.29 is 9.59 Å². The summed E-state index contributed by atoms with van der Waals surface area (Å²) in [7, 11) is 0. The molecule has 2 aromatic rings. The van der Waals surface area contributed by atoms with Crippen LogP contribution in [-0.2, 0) is 24.3 Å². The van der Waals surface area contributed by atoms with Crippen molar-refractivity contribution in [2.24, 2.45) is 0 Å². The molecule has 1 atom stereocenters. The van der Waals surface area contributed by atoms with Crippen molar-refractivity contribution >= 4 is 11.9 Å². The average Bonchev–Trinajstić information content (AvgIpc) is 3.06. The van der Waals surface area contributed by atoms with Crippen LogP contribution in [0.3, 0.4) is 0 Å². The smallest absolute Gasteiger partial charge is 0.328 e. The first kappa shape index (κ1) is 14.9. The molecule has 0 radical (unpaired) electrons. The molecule has 4 rings (SSSR count). The van der Waals surface area contributed by atoms with Crippen LogP contribution >= 0.6 is 0 Å². The van der Waals surface area contributed by atoms with E-state index < -0.39 is 6.04 Å². The first-order valence-electron chi connectivity index (χ1n) is 8.26. The summed E-state index contributed by atoms with van der Waals surface area (Å²) in [4.78, 5) is 32.7. The average molecular weight is 324 g/mol. The Kier molecular flexibility index (Phi) is 3.40. The quantitative estimate of drug-likeness (QED) is 0.812. The standard InChI is InChI=1S/C18H20N4O2/c1-12(2)22-17(23)15-8-14-16(10-21(15)18(22)24)20(11-19-14)9-13-6-4-3-5-7-13/h3-7,11-12,15H,8-10H2,1-2H3. The number of carbonyl (C=O) groups excluding carboxylic acids is 2. The van der Waals surface area contributed by atoms with Crippen LogP contribution in [0.25, 0.3) is 0 Å². The molecule has 0 N–H and O–H groups in total. The van der Waals surface area contributed by atoms with Gasteiger partial charge in [0, 0.05) is 19.0 Å². The molecule has 1 saturated heterocycles. The molecule has 1 aromatic carbocycles. The molecule has 1 aromatic heterocycles. The number of fused-ring (bicyclic) bond motifs is 2. The first-order chi connectivity index (χ1) is 11.6. The summed E-state index contributed by atoms with van der Waals surface area (Å²) in [5.41, 5.74) is 3.15. The van der Waals surface area contributed by atoms with Gasteiger partial charge >= 0.3 is 6.03 Å². The summed E-state index contributed by atoms with van der Waals surface area (Å²) >= 11 is 0. The van der Waals surface area contributed by atoms with Crippen molar-refractivity contribution in [1.82, 2.24) is 19.4 Å². The molecule has 0 aliphatic carbocycles. The maximum absolute atomic E-state index is 12.6. The monoisotopic (exact) mass is 324 g/mol. The lowest BCUT2D eigenvalue weighted by molar-refractivity contribution is -0.129. The number of rotatable bonds is 3. The molecule has 124 valence electrons. The summed E-state index contributed by atoms with van der Waals surface area (Å²) in [5.74, 6) is -0.0988. The van der Waals surface area contributed by atoms with Gasteiger partial charge in [-0.05, 0) is 19.4 Å². The van der Waals surface area contributed by atoms with Crippen molar-refractivity contribution in [2.75, 3.05) is 0 Å². The molecule has 6 heteroatoms. The van der Waals surface area contributed by atoms with E-state index in [1.165, 1.54) is 10.5 Å². The Bertz CT molecular complexity index is 797. The topological polar surface area (TPSA) is 58.4 Å². The predicted molar refractivity (Wildman–Crippen MR) is 88.2 cm³/mol. The Morgan fingerprint density at radius 3 is 2.67 bits per heavy atom. The molecule has 0 spiro atoms. The van der Waals surface area contributed by atoms with Crippen molar-refractivity contribution in [1.29, 1.82) is 0 Å². The molecular formula is C18H20N4O2. The number of nitrogens with zero attached hydrogens (tertiary/aromatic N) is 4. The molecule has 24 heavy (non-hydrogen) atoms. The van der Waals surface area contributed by atoms with Gasteiger partial charge in [0.05, 0.1) is 24.3 Å². The van der Waals surface area contributed by atoms with Crippen LogP contribution in [0.1, 0.15) is 30.8 Å². The Morgan fingerprint density at radius 2 is 1.96 bits per heavy atom. The SMILES string of the molecule is CC(C)N1C(=O)C2Cc3ncn(Cc4ccccc4)c3CN2C1=O. The third kappa shape index (κ3) is 2.21. The second-order valence-corrected chi connectivity index (χ2v) is 6.68. The molecule has 6 nitrogen and oxygen atoms in total. The van der Waals surface area contributed by atoms with E-state index in [1.54, 1.807) is 4.90 Å². The third-order valence-electron chi connectivity index (χ3n) is 4.80. The molecule has 0 saturated carbocycles. The van der Waals surface area contributed by atoms with Crippen LogP contribution in [0.15, 0.2) is 36.7 Å². The van der Waals surface area contributed by atoms with E-state index in [2.05, 4.69) is 21.7 Å². The van der Waals surface area contributed by atoms with Gasteiger partial charge in [0.1, 0.15) is 6.04 Å². The van der Waals surface area contributed by atoms with Gasteiger partial charge in [-0.15, -0.1) is 0 Å². The van der Waals surface area contributed by atoms with E-state index in [0.29, 0.717) is 13.0 Å². The Labute approximate surface area is 140 Å². The molecule has 1 unspecified atom stereocenters. The molecule has 2 aliphatic heterocycles. The number of urea groups is 1. The van der Waals surface area contributed by atoms with Gasteiger partial charge in [0.2, 0.25) is 0 Å². The highest BCUT2D eigenvalue weighted by atomic mass is 16.2. The lowest BCUT2D eigenvalue weighted by atomic mass is 10.0. The highest BCUT2D eigenvalue weighted by Crippen LogP contribution is 2.30. The molecule has 1 fully saturated rings. The van der Waals surface area contributed by atoms with Gasteiger partial charge in [-0.25, -0.2) is 9.78 Å². The number of aromatic nitrogens is 2. The maximum atomic E-state index is 12.6. The third-order valence-corrected chi connectivity index (χ3v) is 4.80. The van der Waals surface area contributed by atoms with Gasteiger partial charge in [-0.1, -0.05) is 30.3 Å². The molecule has 0 bridgehead atoms. The predicted octanol–water partition coefficient (Wildman–Crippen LogP) is 2.03. The van der Waals surface area contributed by atoms with Crippen molar-refractivity contribution in [3.63, 3.8) is 0 Å². The molecule has 3 amide bonds. The van der Waals surface area contributed by atoms with Crippen molar-refractivity contribution in [3.8, 4) is 0 Å². The van der Waals surface area contributed by atoms with Gasteiger partial charge in [-0.3, -0.25) is 9.69 Å². The number of hydrogen-bond donors (Lipinski definition) is 0. The Morgan fingerprint density at radius 1 is 1.21 bits per heavy atom. The van der Waals surface area contributed by atoms with Crippen LogP contribution in [0.4, 0.5) is 4.79 Å². The maximum Gasteiger partial charge on any atom is 0.328 e. The number of imide groups is 1. The van der Waals surface area contributed by atoms with Crippen molar-refractivity contribution in [2.45, 2.75) is 45.4 Å². The number of amides is 3. The molecule has 2 aliphatic rings. The minimum absolute atomic E-state index is 0.0988. The lowest BCUT2D eigenvalue weighted by Gasteiger charge is -2.27. The normalized spacial score (nSPS) is 19.9. The zero-order valence-electron chi connectivity index (χ0n) is 13.8. The summed E-state index contributed by atoms with van der Waals surface area (Å²) < 4.78 is 2.08. The highest BCUT2D eigenvalue weighted by molar-refractivity contribution is 6.04. The number of benzene rings is 1. The van der Waals surface area contributed by atoms with Gasteiger partial charge in [0.15, 0.2) is 0 Å². The van der Waals surface area contributed by atoms with Crippen LogP contribution < -0.4 is 0 Å². The van der Waals surface area contributed by atoms with E-state index in [9.17, 15) is 9.59 Å². The van der Waals surface area contributed by atoms with E-state index in [4.69, 9.17) is 0 Å². The first-order valence-corrected chi connectivity index (χ1v) is 8.26. The Hall–Kier alpha value is -2.63. The number of imidazole rings is 1. The summed E-state index contributed by atoms with van der Waals surface area (Å²) in [6.45, 7) is 4.91. The van der Waals surface area contributed by atoms with Crippen molar-refractivity contribution in [3.05, 3.63) is 53.6 Å². The lowest BCUT2D eigenvalue weighted by Crippen LogP contribution is -2.40. The Balaban J connectivity index is 1.63. The second kappa shape index (κ2) is 5.47. The summed E-state index contributed by atoms with van der Waals surface area (Å²) in [5, 5.41) is 0. The van der Waals surface area contributed by atoms with Crippen LogP contribution in [0.2, 0.25) is 0 Å². The zero-order chi connectivity index (χ0) is 16.8. The summed E-state index contributed by atoms with van der Waals surface area (Å²) in [6, 6.07) is 9.47. The van der Waals surface area contributed by atoms with Crippen LogP contribution in [0.5, 0.6) is 0 Å².